The highest BCUT2D eigenvalue weighted by atomic mass is 16.5. The van der Waals surface area contributed by atoms with Gasteiger partial charge in [0.2, 0.25) is 0 Å². The van der Waals surface area contributed by atoms with E-state index in [1.54, 1.807) is 18.2 Å². The quantitative estimate of drug-likeness (QED) is 0.787. The predicted molar refractivity (Wildman–Crippen MR) is 79.9 cm³/mol. The minimum atomic E-state index is -1.00. The second kappa shape index (κ2) is 6.75. The first kappa shape index (κ1) is 15.6. The Kier molecular flexibility index (Phi) is 4.77. The number of hydrogen-bond acceptors (Lipinski definition) is 4. The number of carbonyl (C=O) groups is 2. The molecule has 2 aromatic rings. The molecule has 116 valence electrons. The zero-order valence-corrected chi connectivity index (χ0v) is 12.3. The third kappa shape index (κ3) is 4.08. The third-order valence-electron chi connectivity index (χ3n) is 2.97. The van der Waals surface area contributed by atoms with E-state index in [9.17, 15) is 9.59 Å². The molecule has 0 bridgehead atoms. The Hall–Kier alpha value is -2.83. The number of anilines is 1. The molecule has 0 spiro atoms. The molecule has 1 aromatic heterocycles. The number of nitrogens with one attached hydrogen (secondary N) is 2. The Morgan fingerprint density at radius 3 is 2.73 bits per heavy atom. The second-order valence-electron chi connectivity index (χ2n) is 5.08. The van der Waals surface area contributed by atoms with E-state index in [0.717, 1.165) is 0 Å². The summed E-state index contributed by atoms with van der Waals surface area (Å²) in [5.74, 6) is 0.199. The fourth-order valence-electron chi connectivity index (χ4n) is 1.78. The molecule has 0 aliphatic heterocycles. The normalized spacial score (nSPS) is 10.5. The molecule has 1 aromatic carbocycles. The molecular weight excluding hydrogens is 286 g/mol. The van der Waals surface area contributed by atoms with Gasteiger partial charge in [0.15, 0.2) is 5.82 Å². The summed E-state index contributed by atoms with van der Waals surface area (Å²) in [5.41, 5.74) is 0.871. The van der Waals surface area contributed by atoms with Crippen molar-refractivity contribution in [3.05, 3.63) is 47.2 Å². The van der Waals surface area contributed by atoms with Crippen LogP contribution in [0.3, 0.4) is 0 Å². The fourth-order valence-corrected chi connectivity index (χ4v) is 1.78. The molecule has 7 nitrogen and oxygen atoms in total. The summed E-state index contributed by atoms with van der Waals surface area (Å²) in [4.78, 5) is 22.6. The van der Waals surface area contributed by atoms with Gasteiger partial charge in [-0.3, -0.25) is 5.32 Å². The molecule has 0 unspecified atom stereocenters. The molecule has 0 saturated carbocycles. The minimum absolute atomic E-state index is 0.179. The molecule has 0 fully saturated rings. The van der Waals surface area contributed by atoms with E-state index in [0.29, 0.717) is 17.1 Å². The van der Waals surface area contributed by atoms with Gasteiger partial charge in [0.1, 0.15) is 5.76 Å². The zero-order valence-electron chi connectivity index (χ0n) is 12.3. The number of nitrogens with zero attached hydrogens (tertiary/aromatic N) is 1. The molecule has 1 heterocycles. The summed E-state index contributed by atoms with van der Waals surface area (Å²) >= 11 is 0. The summed E-state index contributed by atoms with van der Waals surface area (Å²) < 4.78 is 5.07. The number of amides is 2. The van der Waals surface area contributed by atoms with Crippen molar-refractivity contribution in [1.82, 2.24) is 10.5 Å². The smallest absolute Gasteiger partial charge is 0.335 e. The van der Waals surface area contributed by atoms with Crippen molar-refractivity contribution < 1.29 is 19.2 Å². The number of urea groups is 1. The van der Waals surface area contributed by atoms with Gasteiger partial charge in [0.25, 0.3) is 0 Å². The summed E-state index contributed by atoms with van der Waals surface area (Å²) in [6.45, 7) is 4.13. The van der Waals surface area contributed by atoms with Crippen LogP contribution in [0.15, 0.2) is 34.9 Å². The fraction of sp³-hybridized carbons (Fsp3) is 0.267. The Bertz CT molecular complexity index is 679. The highest BCUT2D eigenvalue weighted by Crippen LogP contribution is 2.17. The average molecular weight is 303 g/mol. The van der Waals surface area contributed by atoms with E-state index in [1.807, 2.05) is 13.8 Å². The van der Waals surface area contributed by atoms with Gasteiger partial charge in [0, 0.05) is 18.5 Å². The summed E-state index contributed by atoms with van der Waals surface area (Å²) in [5, 5.41) is 17.8. The van der Waals surface area contributed by atoms with E-state index in [-0.39, 0.29) is 18.0 Å². The van der Waals surface area contributed by atoms with E-state index in [1.165, 1.54) is 12.1 Å². The summed E-state index contributed by atoms with van der Waals surface area (Å²) in [6, 6.07) is 7.59. The van der Waals surface area contributed by atoms with Gasteiger partial charge in [-0.2, -0.15) is 0 Å². The molecule has 22 heavy (non-hydrogen) atoms. The lowest BCUT2D eigenvalue weighted by molar-refractivity contribution is 0.0696. The number of benzene rings is 1. The van der Waals surface area contributed by atoms with Crippen LogP contribution in [-0.2, 0) is 6.54 Å². The van der Waals surface area contributed by atoms with E-state index in [2.05, 4.69) is 15.8 Å². The van der Waals surface area contributed by atoms with Gasteiger partial charge in [-0.15, -0.1) is 0 Å². The van der Waals surface area contributed by atoms with Crippen molar-refractivity contribution in [2.75, 3.05) is 5.32 Å². The summed E-state index contributed by atoms with van der Waals surface area (Å²) in [6.07, 6.45) is 0. The molecule has 0 radical (unpaired) electrons. The van der Waals surface area contributed by atoms with Crippen molar-refractivity contribution in [3.63, 3.8) is 0 Å². The Balaban J connectivity index is 1.89. The van der Waals surface area contributed by atoms with Crippen LogP contribution >= 0.6 is 0 Å². The molecule has 0 aliphatic rings. The van der Waals surface area contributed by atoms with Crippen LogP contribution in [0.1, 0.15) is 41.4 Å². The van der Waals surface area contributed by atoms with Gasteiger partial charge >= 0.3 is 12.0 Å². The zero-order chi connectivity index (χ0) is 16.1. The Morgan fingerprint density at radius 1 is 1.32 bits per heavy atom. The van der Waals surface area contributed by atoms with Gasteiger partial charge in [-0.05, 0) is 17.7 Å². The van der Waals surface area contributed by atoms with Crippen LogP contribution in [0.25, 0.3) is 0 Å². The van der Waals surface area contributed by atoms with Crippen LogP contribution in [0.4, 0.5) is 10.6 Å². The van der Waals surface area contributed by atoms with Crippen molar-refractivity contribution in [2.24, 2.45) is 0 Å². The van der Waals surface area contributed by atoms with Crippen LogP contribution in [0.2, 0.25) is 0 Å². The Labute approximate surface area is 127 Å². The molecule has 2 amide bonds. The number of carboxylic acids is 1. The number of carbonyl (C=O) groups excluding carboxylic acids is 1. The van der Waals surface area contributed by atoms with Gasteiger partial charge in [0.05, 0.1) is 5.56 Å². The largest absolute Gasteiger partial charge is 0.478 e. The number of rotatable bonds is 5. The van der Waals surface area contributed by atoms with Crippen LogP contribution < -0.4 is 10.6 Å². The van der Waals surface area contributed by atoms with Crippen molar-refractivity contribution >= 4 is 17.8 Å². The maximum atomic E-state index is 11.8. The average Bonchev–Trinajstić information content (AvgIpc) is 2.94. The topological polar surface area (TPSA) is 104 Å². The van der Waals surface area contributed by atoms with Crippen molar-refractivity contribution in [2.45, 2.75) is 26.3 Å². The highest BCUT2D eigenvalue weighted by molar-refractivity contribution is 5.89. The van der Waals surface area contributed by atoms with Crippen molar-refractivity contribution in [3.8, 4) is 0 Å². The maximum Gasteiger partial charge on any atom is 0.335 e. The van der Waals surface area contributed by atoms with Gasteiger partial charge in [-0.1, -0.05) is 31.1 Å². The lowest BCUT2D eigenvalue weighted by atomic mass is 10.1. The molecule has 0 atom stereocenters. The molecule has 7 heteroatoms. The molecular formula is C15H17N3O4. The lowest BCUT2D eigenvalue weighted by Gasteiger charge is -2.06. The molecule has 2 rings (SSSR count). The van der Waals surface area contributed by atoms with Crippen LogP contribution in [0, 0.1) is 0 Å². The van der Waals surface area contributed by atoms with E-state index < -0.39 is 12.0 Å². The molecule has 3 N–H and O–H groups in total. The number of aromatic carboxylic acids is 1. The minimum Gasteiger partial charge on any atom is -0.478 e. The number of hydrogen-bond donors (Lipinski definition) is 3. The number of aromatic nitrogens is 1. The monoisotopic (exact) mass is 303 g/mol. The van der Waals surface area contributed by atoms with Crippen molar-refractivity contribution in [1.29, 1.82) is 0 Å². The van der Waals surface area contributed by atoms with Gasteiger partial charge < -0.3 is 14.9 Å². The SMILES string of the molecule is CC(C)c1cc(NC(=O)NCc2cccc(C(=O)O)c2)no1. The standard InChI is InChI=1S/C15H17N3O4/c1-9(2)12-7-13(18-22-12)17-15(21)16-8-10-4-3-5-11(6-10)14(19)20/h3-7,9H,8H2,1-2H3,(H,19,20)(H2,16,17,18,21). The van der Waals surface area contributed by atoms with Gasteiger partial charge in [-0.25, -0.2) is 9.59 Å². The number of carboxylic acid groups (broad SMARTS) is 1. The molecule has 0 saturated heterocycles. The first-order valence-electron chi connectivity index (χ1n) is 6.79. The first-order valence-corrected chi connectivity index (χ1v) is 6.79. The predicted octanol–water partition coefficient (Wildman–Crippen LogP) is 2.82. The lowest BCUT2D eigenvalue weighted by Crippen LogP contribution is -2.28. The van der Waals surface area contributed by atoms with Crippen LogP contribution in [-0.4, -0.2) is 22.3 Å². The third-order valence-corrected chi connectivity index (χ3v) is 2.97. The first-order chi connectivity index (χ1) is 10.5. The van der Waals surface area contributed by atoms with E-state index in [4.69, 9.17) is 9.63 Å². The highest BCUT2D eigenvalue weighted by Gasteiger charge is 2.10. The van der Waals surface area contributed by atoms with E-state index >= 15 is 0 Å². The summed E-state index contributed by atoms with van der Waals surface area (Å²) in [7, 11) is 0. The second-order valence-corrected chi connectivity index (χ2v) is 5.08. The molecule has 0 aliphatic carbocycles. The maximum absolute atomic E-state index is 11.8. The van der Waals surface area contributed by atoms with Crippen LogP contribution in [0.5, 0.6) is 0 Å². The Morgan fingerprint density at radius 2 is 2.09 bits per heavy atom.